The first-order valence-electron chi connectivity index (χ1n) is 12.9. The molecule has 35 heavy (non-hydrogen) atoms. The summed E-state index contributed by atoms with van der Waals surface area (Å²) in [5.41, 5.74) is 2.44. The Balaban J connectivity index is 1.16. The topological polar surface area (TPSA) is 42.0 Å². The van der Waals surface area contributed by atoms with Crippen molar-refractivity contribution in [1.82, 2.24) is 9.80 Å². The molecule has 0 aromatic heterocycles. The molecule has 2 aliphatic rings. The zero-order valence-corrected chi connectivity index (χ0v) is 21.0. The molecule has 3 aromatic rings. The Morgan fingerprint density at radius 1 is 0.886 bits per heavy atom. The zero-order chi connectivity index (χ0) is 24.3. The van der Waals surface area contributed by atoms with Gasteiger partial charge in [0.05, 0.1) is 13.7 Å². The molecule has 3 aromatic carbocycles. The molecule has 5 heteroatoms. The van der Waals surface area contributed by atoms with Gasteiger partial charge in [-0.15, -0.1) is 0 Å². The third-order valence-electron chi connectivity index (χ3n) is 7.99. The lowest BCUT2D eigenvalue weighted by Gasteiger charge is -2.47. The van der Waals surface area contributed by atoms with E-state index in [2.05, 4.69) is 28.0 Å². The number of carbonyl (C=O) groups is 1. The van der Waals surface area contributed by atoms with Crippen LogP contribution in [-0.4, -0.2) is 55.6 Å². The molecule has 0 atom stereocenters. The van der Waals surface area contributed by atoms with Crippen LogP contribution in [0.4, 0.5) is 0 Å². The van der Waals surface area contributed by atoms with Crippen LogP contribution in [0.3, 0.4) is 0 Å². The van der Waals surface area contributed by atoms with E-state index in [0.29, 0.717) is 12.0 Å². The van der Waals surface area contributed by atoms with E-state index in [1.165, 1.54) is 18.4 Å². The number of likely N-dealkylation sites (tertiary alicyclic amines) is 2. The molecule has 2 fully saturated rings. The molecule has 1 amide bonds. The highest BCUT2D eigenvalue weighted by molar-refractivity contribution is 5.98. The number of ether oxygens (including phenoxy) is 2. The summed E-state index contributed by atoms with van der Waals surface area (Å²) in [6.45, 7) is 7.62. The Morgan fingerprint density at radius 2 is 1.57 bits per heavy atom. The van der Waals surface area contributed by atoms with Crippen molar-refractivity contribution in [1.29, 1.82) is 0 Å². The van der Waals surface area contributed by atoms with Gasteiger partial charge in [0.1, 0.15) is 11.5 Å². The maximum absolute atomic E-state index is 13.3. The molecule has 0 saturated carbocycles. The number of hydrogen-bond acceptors (Lipinski definition) is 4. The summed E-state index contributed by atoms with van der Waals surface area (Å²) >= 11 is 0. The first kappa shape index (κ1) is 23.7. The van der Waals surface area contributed by atoms with Crippen LogP contribution >= 0.6 is 0 Å². The lowest BCUT2D eigenvalue weighted by molar-refractivity contribution is 0.0283. The number of carbonyl (C=O) groups excluding carboxylic acids is 1. The second-order valence-electron chi connectivity index (χ2n) is 10.0. The number of nitrogens with zero attached hydrogens (tertiary/aromatic N) is 2. The molecule has 2 saturated heterocycles. The second-order valence-corrected chi connectivity index (χ2v) is 10.0. The maximum atomic E-state index is 13.3. The largest absolute Gasteiger partial charge is 0.497 e. The molecule has 0 aliphatic carbocycles. The quantitative estimate of drug-likeness (QED) is 0.457. The van der Waals surface area contributed by atoms with Crippen LogP contribution in [0.2, 0.25) is 0 Å². The summed E-state index contributed by atoms with van der Waals surface area (Å²) in [5.74, 6) is 2.00. The van der Waals surface area contributed by atoms with Crippen molar-refractivity contribution in [3.63, 3.8) is 0 Å². The number of methoxy groups -OCH3 is 1. The third-order valence-corrected chi connectivity index (χ3v) is 7.99. The van der Waals surface area contributed by atoms with Crippen LogP contribution in [0.1, 0.15) is 48.5 Å². The zero-order valence-electron chi connectivity index (χ0n) is 21.0. The lowest BCUT2D eigenvalue weighted by atomic mass is 9.71. The van der Waals surface area contributed by atoms with Crippen molar-refractivity contribution in [2.45, 2.75) is 39.2 Å². The van der Waals surface area contributed by atoms with Gasteiger partial charge in [0.25, 0.3) is 5.91 Å². The molecular weight excluding hydrogens is 436 g/mol. The van der Waals surface area contributed by atoms with Gasteiger partial charge in [0, 0.05) is 30.8 Å². The molecule has 184 valence electrons. The predicted octanol–water partition coefficient (Wildman–Crippen LogP) is 5.77. The minimum absolute atomic E-state index is 0.155. The van der Waals surface area contributed by atoms with Gasteiger partial charge in [-0.2, -0.15) is 0 Å². The van der Waals surface area contributed by atoms with Crippen molar-refractivity contribution >= 4 is 16.7 Å². The van der Waals surface area contributed by atoms with Crippen LogP contribution in [-0.2, 0) is 6.54 Å². The van der Waals surface area contributed by atoms with E-state index in [-0.39, 0.29) is 5.91 Å². The minimum Gasteiger partial charge on any atom is -0.497 e. The first-order chi connectivity index (χ1) is 17.1. The van der Waals surface area contributed by atoms with Gasteiger partial charge in [0.2, 0.25) is 0 Å². The van der Waals surface area contributed by atoms with Gasteiger partial charge in [-0.1, -0.05) is 30.3 Å². The van der Waals surface area contributed by atoms with Crippen molar-refractivity contribution in [3.05, 3.63) is 71.8 Å². The second kappa shape index (κ2) is 10.3. The van der Waals surface area contributed by atoms with E-state index in [4.69, 9.17) is 9.47 Å². The van der Waals surface area contributed by atoms with Crippen molar-refractivity contribution in [2.75, 3.05) is 39.9 Å². The van der Waals surface area contributed by atoms with Gasteiger partial charge >= 0.3 is 0 Å². The van der Waals surface area contributed by atoms with Crippen LogP contribution in [0, 0.1) is 5.41 Å². The molecule has 2 heterocycles. The number of rotatable bonds is 6. The smallest absolute Gasteiger partial charge is 0.253 e. The molecular formula is C30H36N2O3. The van der Waals surface area contributed by atoms with Gasteiger partial charge in [-0.05, 0) is 92.2 Å². The van der Waals surface area contributed by atoms with Gasteiger partial charge in [0.15, 0.2) is 0 Å². The fourth-order valence-corrected chi connectivity index (χ4v) is 5.71. The Labute approximate surface area is 208 Å². The average Bonchev–Trinajstić information content (AvgIpc) is 2.91. The van der Waals surface area contributed by atoms with E-state index < -0.39 is 0 Å². The number of fused-ring (bicyclic) bond motifs is 1. The Bertz CT molecular complexity index is 1170. The van der Waals surface area contributed by atoms with E-state index in [1.54, 1.807) is 7.11 Å². The molecule has 1 spiro atoms. The van der Waals surface area contributed by atoms with Gasteiger partial charge < -0.3 is 14.4 Å². The van der Waals surface area contributed by atoms with Crippen LogP contribution in [0.5, 0.6) is 11.5 Å². The molecule has 2 aliphatic heterocycles. The van der Waals surface area contributed by atoms with Crippen molar-refractivity contribution in [3.8, 4) is 11.5 Å². The molecule has 5 rings (SSSR count). The third kappa shape index (κ3) is 5.15. The van der Waals surface area contributed by atoms with Crippen molar-refractivity contribution < 1.29 is 14.3 Å². The summed E-state index contributed by atoms with van der Waals surface area (Å²) in [7, 11) is 1.67. The average molecular weight is 473 g/mol. The number of piperidine rings is 2. The fourth-order valence-electron chi connectivity index (χ4n) is 5.71. The van der Waals surface area contributed by atoms with Crippen molar-refractivity contribution in [2.24, 2.45) is 5.41 Å². The highest BCUT2D eigenvalue weighted by Gasteiger charge is 2.38. The molecule has 0 N–H and O–H groups in total. The summed E-state index contributed by atoms with van der Waals surface area (Å²) in [6.07, 6.45) is 4.63. The summed E-state index contributed by atoms with van der Waals surface area (Å²) in [4.78, 5) is 17.9. The summed E-state index contributed by atoms with van der Waals surface area (Å²) in [6, 6.07) is 20.4. The molecule has 5 nitrogen and oxygen atoms in total. The van der Waals surface area contributed by atoms with E-state index in [9.17, 15) is 4.79 Å². The Kier molecular flexibility index (Phi) is 6.96. The predicted molar refractivity (Wildman–Crippen MR) is 140 cm³/mol. The fraction of sp³-hybridized carbons (Fsp3) is 0.433. The highest BCUT2D eigenvalue weighted by Crippen LogP contribution is 2.42. The monoisotopic (exact) mass is 472 g/mol. The summed E-state index contributed by atoms with van der Waals surface area (Å²) in [5, 5.41) is 2.16. The van der Waals surface area contributed by atoms with Crippen LogP contribution in [0.15, 0.2) is 60.7 Å². The Morgan fingerprint density at radius 3 is 2.31 bits per heavy atom. The number of para-hydroxylation sites is 1. The van der Waals surface area contributed by atoms with Gasteiger partial charge in [-0.3, -0.25) is 9.69 Å². The number of hydrogen-bond donors (Lipinski definition) is 0. The molecule has 0 radical (unpaired) electrons. The SMILES string of the molecule is CCOc1ccccc1CN1CCC2(CC1)CCN(C(=O)c1ccc3cc(OC)ccc3c1)CC2. The Hall–Kier alpha value is -3.05. The summed E-state index contributed by atoms with van der Waals surface area (Å²) < 4.78 is 11.1. The van der Waals surface area contributed by atoms with E-state index in [0.717, 1.165) is 73.4 Å². The normalized spacial score (nSPS) is 18.1. The van der Waals surface area contributed by atoms with Crippen LogP contribution in [0.25, 0.3) is 10.8 Å². The maximum Gasteiger partial charge on any atom is 0.253 e. The molecule has 0 bridgehead atoms. The number of amides is 1. The van der Waals surface area contributed by atoms with Gasteiger partial charge in [-0.25, -0.2) is 0 Å². The highest BCUT2D eigenvalue weighted by atomic mass is 16.5. The minimum atomic E-state index is 0.155. The van der Waals surface area contributed by atoms with E-state index >= 15 is 0 Å². The standard InChI is InChI=1S/C30H36N2O3/c1-3-35-28-7-5-4-6-26(28)22-31-16-12-30(13-17-31)14-18-32(19-15-30)29(33)25-9-8-24-21-27(34-2)11-10-23(24)20-25/h4-11,20-21H,3,12-19,22H2,1-2H3. The molecule has 0 unspecified atom stereocenters. The lowest BCUT2D eigenvalue weighted by Crippen LogP contribution is -2.48. The first-order valence-corrected chi connectivity index (χ1v) is 12.9. The van der Waals surface area contributed by atoms with E-state index in [1.807, 2.05) is 49.4 Å². The van der Waals surface area contributed by atoms with Crippen LogP contribution < -0.4 is 9.47 Å². The number of benzene rings is 3.